The minimum Gasteiger partial charge on any atom is -0.444 e. The highest BCUT2D eigenvalue weighted by molar-refractivity contribution is 6.30. The first kappa shape index (κ1) is 16.0. The highest BCUT2D eigenvalue weighted by Crippen LogP contribution is 2.32. The van der Waals surface area contributed by atoms with Crippen LogP contribution in [0, 0.1) is 11.6 Å². The molecule has 1 unspecified atom stereocenters. The van der Waals surface area contributed by atoms with Gasteiger partial charge in [-0.15, -0.1) is 0 Å². The number of likely N-dealkylation sites (tertiary alicyclic amines) is 1. The van der Waals surface area contributed by atoms with Crippen LogP contribution in [0.2, 0.25) is 5.02 Å². The third kappa shape index (κ3) is 3.84. The molecule has 6 heteroatoms. The van der Waals surface area contributed by atoms with Crippen LogP contribution in [0.15, 0.2) is 12.1 Å². The van der Waals surface area contributed by atoms with Gasteiger partial charge in [0.25, 0.3) is 0 Å². The predicted molar refractivity (Wildman–Crippen MR) is 76.5 cm³/mol. The number of carbonyl (C=O) groups is 1. The van der Waals surface area contributed by atoms with Gasteiger partial charge in [0.05, 0.1) is 5.02 Å². The Morgan fingerprint density at radius 2 is 2.00 bits per heavy atom. The van der Waals surface area contributed by atoms with E-state index in [9.17, 15) is 13.6 Å². The molecule has 0 N–H and O–H groups in total. The second-order valence-corrected chi connectivity index (χ2v) is 6.61. The molecule has 0 bridgehead atoms. The molecule has 0 saturated carbocycles. The Labute approximate surface area is 127 Å². The zero-order valence-electron chi connectivity index (χ0n) is 12.3. The molecule has 1 heterocycles. The van der Waals surface area contributed by atoms with E-state index in [1.807, 2.05) is 0 Å². The summed E-state index contributed by atoms with van der Waals surface area (Å²) in [5.41, 5.74) is -0.230. The van der Waals surface area contributed by atoms with E-state index in [0.29, 0.717) is 25.1 Å². The highest BCUT2D eigenvalue weighted by atomic mass is 35.5. The maximum absolute atomic E-state index is 13.8. The second kappa shape index (κ2) is 5.79. The summed E-state index contributed by atoms with van der Waals surface area (Å²) in [6, 6.07) is 2.09. The van der Waals surface area contributed by atoms with Crippen molar-refractivity contribution in [1.29, 1.82) is 0 Å². The zero-order valence-corrected chi connectivity index (χ0v) is 13.0. The van der Waals surface area contributed by atoms with Crippen molar-refractivity contribution in [3.8, 4) is 0 Å². The van der Waals surface area contributed by atoms with Crippen molar-refractivity contribution in [3.63, 3.8) is 0 Å². The molecule has 1 saturated heterocycles. The average molecular weight is 318 g/mol. The average Bonchev–Trinajstić information content (AvgIpc) is 2.81. The summed E-state index contributed by atoms with van der Waals surface area (Å²) in [7, 11) is 0. The van der Waals surface area contributed by atoms with Crippen LogP contribution in [0.5, 0.6) is 0 Å². The van der Waals surface area contributed by atoms with Crippen molar-refractivity contribution in [3.05, 3.63) is 34.4 Å². The van der Waals surface area contributed by atoms with Gasteiger partial charge >= 0.3 is 6.09 Å². The number of rotatable bonds is 1. The molecule has 21 heavy (non-hydrogen) atoms. The van der Waals surface area contributed by atoms with Gasteiger partial charge in [0, 0.05) is 25.1 Å². The van der Waals surface area contributed by atoms with Crippen LogP contribution in [-0.2, 0) is 4.74 Å². The predicted octanol–water partition coefficient (Wildman–Crippen LogP) is 4.34. The SMILES string of the molecule is CC(C)(C)OC(=O)N1CCC(c2cc(Cl)c(F)cc2F)C1. The van der Waals surface area contributed by atoms with E-state index in [1.165, 1.54) is 11.0 Å². The standard InChI is InChI=1S/C15H18ClF2NO2/c1-15(2,3)21-14(20)19-5-4-9(8-19)10-6-11(16)13(18)7-12(10)17/h6-7,9H,4-5,8H2,1-3H3. The second-order valence-electron chi connectivity index (χ2n) is 6.20. The first-order valence-corrected chi connectivity index (χ1v) is 7.17. The maximum Gasteiger partial charge on any atom is 0.410 e. The lowest BCUT2D eigenvalue weighted by molar-refractivity contribution is 0.0292. The van der Waals surface area contributed by atoms with E-state index in [2.05, 4.69) is 0 Å². The molecule has 0 aliphatic carbocycles. The van der Waals surface area contributed by atoms with Gasteiger partial charge in [-0.05, 0) is 38.8 Å². The lowest BCUT2D eigenvalue weighted by Gasteiger charge is -2.24. The Balaban J connectivity index is 2.09. The summed E-state index contributed by atoms with van der Waals surface area (Å²) in [6.07, 6.45) is 0.177. The summed E-state index contributed by atoms with van der Waals surface area (Å²) in [4.78, 5) is 13.5. The minimum absolute atomic E-state index is 0.109. The van der Waals surface area contributed by atoms with Crippen molar-refractivity contribution in [2.75, 3.05) is 13.1 Å². The lowest BCUT2D eigenvalue weighted by atomic mass is 9.98. The third-order valence-corrected chi connectivity index (χ3v) is 3.61. The fraction of sp³-hybridized carbons (Fsp3) is 0.533. The molecule has 3 nitrogen and oxygen atoms in total. The van der Waals surface area contributed by atoms with E-state index in [4.69, 9.17) is 16.3 Å². The normalized spacial score (nSPS) is 19.0. The number of hydrogen-bond acceptors (Lipinski definition) is 2. The van der Waals surface area contributed by atoms with Crippen molar-refractivity contribution in [1.82, 2.24) is 4.90 Å². The Morgan fingerprint density at radius 3 is 2.62 bits per heavy atom. The number of benzene rings is 1. The molecule has 0 radical (unpaired) electrons. The quantitative estimate of drug-likeness (QED) is 0.721. The fourth-order valence-corrected chi connectivity index (χ4v) is 2.53. The summed E-state index contributed by atoms with van der Waals surface area (Å²) in [5, 5.41) is -0.109. The third-order valence-electron chi connectivity index (χ3n) is 3.32. The van der Waals surface area contributed by atoms with Gasteiger partial charge in [-0.3, -0.25) is 0 Å². The van der Waals surface area contributed by atoms with Gasteiger partial charge in [-0.25, -0.2) is 13.6 Å². The monoisotopic (exact) mass is 317 g/mol. The molecule has 1 aliphatic rings. The van der Waals surface area contributed by atoms with Crippen molar-refractivity contribution in [2.45, 2.75) is 38.7 Å². The molecule has 1 fully saturated rings. The molecular weight excluding hydrogens is 300 g/mol. The first-order valence-electron chi connectivity index (χ1n) is 6.80. The number of hydrogen-bond donors (Lipinski definition) is 0. The van der Waals surface area contributed by atoms with Crippen LogP contribution in [0.1, 0.15) is 38.7 Å². The van der Waals surface area contributed by atoms with Crippen molar-refractivity contribution < 1.29 is 18.3 Å². The van der Waals surface area contributed by atoms with E-state index in [1.54, 1.807) is 20.8 Å². The summed E-state index contributed by atoms with van der Waals surface area (Å²) >= 11 is 5.70. The Bertz CT molecular complexity index is 557. The topological polar surface area (TPSA) is 29.5 Å². The van der Waals surface area contributed by atoms with Gasteiger partial charge in [-0.1, -0.05) is 11.6 Å². The summed E-state index contributed by atoms with van der Waals surface area (Å²) in [5.74, 6) is -1.61. The van der Waals surface area contributed by atoms with Crippen LogP contribution in [-0.4, -0.2) is 29.7 Å². The van der Waals surface area contributed by atoms with Crippen LogP contribution in [0.3, 0.4) is 0 Å². The number of nitrogens with zero attached hydrogens (tertiary/aromatic N) is 1. The fourth-order valence-electron chi connectivity index (χ4n) is 2.36. The van der Waals surface area contributed by atoms with E-state index in [0.717, 1.165) is 6.07 Å². The zero-order chi connectivity index (χ0) is 15.8. The molecule has 0 spiro atoms. The van der Waals surface area contributed by atoms with Gasteiger partial charge in [0.1, 0.15) is 17.2 Å². The lowest BCUT2D eigenvalue weighted by Crippen LogP contribution is -2.35. The Kier molecular flexibility index (Phi) is 4.42. The molecule has 1 amide bonds. The van der Waals surface area contributed by atoms with Crippen LogP contribution in [0.25, 0.3) is 0 Å². The van der Waals surface area contributed by atoms with E-state index in [-0.39, 0.29) is 10.9 Å². The molecule has 1 aromatic rings. The molecule has 1 aliphatic heterocycles. The van der Waals surface area contributed by atoms with Gasteiger partial charge in [0.15, 0.2) is 0 Å². The van der Waals surface area contributed by atoms with Crippen LogP contribution < -0.4 is 0 Å². The van der Waals surface area contributed by atoms with E-state index >= 15 is 0 Å². The smallest absolute Gasteiger partial charge is 0.410 e. The largest absolute Gasteiger partial charge is 0.444 e. The highest BCUT2D eigenvalue weighted by Gasteiger charge is 2.32. The van der Waals surface area contributed by atoms with Gasteiger partial charge in [-0.2, -0.15) is 0 Å². The molecule has 2 rings (SSSR count). The molecular formula is C15H18ClF2NO2. The Morgan fingerprint density at radius 1 is 1.33 bits per heavy atom. The minimum atomic E-state index is -0.778. The van der Waals surface area contributed by atoms with E-state index < -0.39 is 23.3 Å². The van der Waals surface area contributed by atoms with Gasteiger partial charge < -0.3 is 9.64 Å². The van der Waals surface area contributed by atoms with Crippen molar-refractivity contribution in [2.24, 2.45) is 0 Å². The molecule has 0 aromatic heterocycles. The summed E-state index contributed by atoms with van der Waals surface area (Å²) in [6.45, 7) is 6.19. The maximum atomic E-state index is 13.8. The number of halogens is 3. The number of ether oxygens (including phenoxy) is 1. The summed E-state index contributed by atoms with van der Waals surface area (Å²) < 4.78 is 32.3. The molecule has 1 aromatic carbocycles. The van der Waals surface area contributed by atoms with Crippen LogP contribution >= 0.6 is 11.6 Å². The number of carbonyl (C=O) groups excluding carboxylic acids is 1. The first-order chi connectivity index (χ1) is 9.67. The Hall–Kier alpha value is -1.36. The number of amides is 1. The molecule has 1 atom stereocenters. The molecule has 116 valence electrons. The van der Waals surface area contributed by atoms with Crippen LogP contribution in [0.4, 0.5) is 13.6 Å². The van der Waals surface area contributed by atoms with Crippen molar-refractivity contribution >= 4 is 17.7 Å². The van der Waals surface area contributed by atoms with Gasteiger partial charge in [0.2, 0.25) is 0 Å².